The van der Waals surface area contributed by atoms with Crippen LogP contribution >= 0.6 is 0 Å². The summed E-state index contributed by atoms with van der Waals surface area (Å²) in [5.41, 5.74) is 0.625. The molecule has 5 nitrogen and oxygen atoms in total. The van der Waals surface area contributed by atoms with Crippen LogP contribution in [-0.4, -0.2) is 24.1 Å². The van der Waals surface area contributed by atoms with Gasteiger partial charge in [0.2, 0.25) is 0 Å². The standard InChI is InChI=1S/C19H15NO4/c1-24-19(23)15-10-5-11-16(17(15)21)20-18(22)14-9-4-7-12-6-2-3-8-13(12)14/h2-11,21H,1H3,(H,20,22). The molecule has 3 aromatic carbocycles. The number of phenolic OH excluding ortho intramolecular Hbond substituents is 1. The molecule has 0 saturated heterocycles. The molecule has 120 valence electrons. The quantitative estimate of drug-likeness (QED) is 0.571. The first-order valence-electron chi connectivity index (χ1n) is 7.31. The lowest BCUT2D eigenvalue weighted by molar-refractivity contribution is 0.0597. The minimum absolute atomic E-state index is 0.00628. The number of fused-ring (bicyclic) bond motifs is 1. The molecule has 0 fully saturated rings. The fraction of sp³-hybridized carbons (Fsp3) is 0.0526. The summed E-state index contributed by atoms with van der Waals surface area (Å²) in [6, 6.07) is 17.5. The summed E-state index contributed by atoms with van der Waals surface area (Å²) in [7, 11) is 1.23. The Morgan fingerprint density at radius 2 is 1.58 bits per heavy atom. The second-order valence-electron chi connectivity index (χ2n) is 5.17. The number of aromatic hydroxyl groups is 1. The topological polar surface area (TPSA) is 75.6 Å². The number of carbonyl (C=O) groups is 2. The van der Waals surface area contributed by atoms with Crippen LogP contribution in [0.1, 0.15) is 20.7 Å². The van der Waals surface area contributed by atoms with E-state index in [4.69, 9.17) is 0 Å². The molecule has 0 saturated carbocycles. The number of para-hydroxylation sites is 1. The van der Waals surface area contributed by atoms with Gasteiger partial charge in [0.15, 0.2) is 5.75 Å². The zero-order valence-electron chi connectivity index (χ0n) is 12.9. The molecule has 0 unspecified atom stereocenters. The molecule has 5 heteroatoms. The molecule has 2 N–H and O–H groups in total. The van der Waals surface area contributed by atoms with Crippen molar-refractivity contribution in [2.75, 3.05) is 12.4 Å². The van der Waals surface area contributed by atoms with Crippen molar-refractivity contribution in [2.24, 2.45) is 0 Å². The van der Waals surface area contributed by atoms with Gasteiger partial charge in [-0.15, -0.1) is 0 Å². The van der Waals surface area contributed by atoms with Gasteiger partial charge in [-0.05, 0) is 29.0 Å². The SMILES string of the molecule is COC(=O)c1cccc(NC(=O)c2cccc3ccccc23)c1O. The summed E-state index contributed by atoms with van der Waals surface area (Å²) in [5, 5.41) is 14.6. The number of carbonyl (C=O) groups excluding carboxylic acids is 2. The summed E-state index contributed by atoms with van der Waals surface area (Å²) >= 11 is 0. The van der Waals surface area contributed by atoms with E-state index in [9.17, 15) is 14.7 Å². The lowest BCUT2D eigenvalue weighted by atomic mass is 10.0. The first kappa shape index (κ1) is 15.6. The predicted octanol–water partition coefficient (Wildman–Crippen LogP) is 3.58. The molecule has 0 atom stereocenters. The molecule has 0 bridgehead atoms. The van der Waals surface area contributed by atoms with Crippen LogP contribution in [-0.2, 0) is 4.74 Å². The monoisotopic (exact) mass is 321 g/mol. The number of benzene rings is 3. The highest BCUT2D eigenvalue weighted by atomic mass is 16.5. The Morgan fingerprint density at radius 1 is 0.917 bits per heavy atom. The first-order chi connectivity index (χ1) is 11.6. The Hall–Kier alpha value is -3.34. The Morgan fingerprint density at radius 3 is 2.38 bits per heavy atom. The Balaban J connectivity index is 1.97. The minimum Gasteiger partial charge on any atom is -0.505 e. The van der Waals surface area contributed by atoms with E-state index in [1.807, 2.05) is 30.3 Å². The van der Waals surface area contributed by atoms with E-state index in [1.165, 1.54) is 19.2 Å². The molecule has 0 radical (unpaired) electrons. The average Bonchev–Trinajstić information content (AvgIpc) is 2.62. The van der Waals surface area contributed by atoms with Crippen LogP contribution in [0.15, 0.2) is 60.7 Å². The van der Waals surface area contributed by atoms with Crippen molar-refractivity contribution in [3.63, 3.8) is 0 Å². The maximum atomic E-state index is 12.6. The van der Waals surface area contributed by atoms with E-state index in [1.54, 1.807) is 18.2 Å². The molecule has 3 rings (SSSR count). The average molecular weight is 321 g/mol. The summed E-state index contributed by atoms with van der Waals surface area (Å²) in [4.78, 5) is 24.2. The number of hydrogen-bond donors (Lipinski definition) is 2. The molecule has 3 aromatic rings. The van der Waals surface area contributed by atoms with Crippen molar-refractivity contribution in [3.8, 4) is 5.75 Å². The third-order valence-corrected chi connectivity index (χ3v) is 3.72. The third-order valence-electron chi connectivity index (χ3n) is 3.72. The number of amides is 1. The van der Waals surface area contributed by atoms with Gasteiger partial charge in [0, 0.05) is 5.56 Å². The lowest BCUT2D eigenvalue weighted by Crippen LogP contribution is -2.13. The maximum Gasteiger partial charge on any atom is 0.341 e. The van der Waals surface area contributed by atoms with Crippen LogP contribution in [0.4, 0.5) is 5.69 Å². The van der Waals surface area contributed by atoms with Crippen molar-refractivity contribution in [1.29, 1.82) is 0 Å². The van der Waals surface area contributed by atoms with Gasteiger partial charge < -0.3 is 15.2 Å². The summed E-state index contributed by atoms with van der Waals surface area (Å²) < 4.78 is 4.61. The van der Waals surface area contributed by atoms with Crippen molar-refractivity contribution in [2.45, 2.75) is 0 Å². The van der Waals surface area contributed by atoms with E-state index in [0.29, 0.717) is 5.56 Å². The van der Waals surface area contributed by atoms with Crippen LogP contribution in [0.25, 0.3) is 10.8 Å². The molecule has 24 heavy (non-hydrogen) atoms. The highest BCUT2D eigenvalue weighted by molar-refractivity contribution is 6.13. The number of ether oxygens (including phenoxy) is 1. The van der Waals surface area contributed by atoms with Crippen LogP contribution in [0.3, 0.4) is 0 Å². The van der Waals surface area contributed by atoms with Crippen molar-refractivity contribution in [3.05, 3.63) is 71.8 Å². The largest absolute Gasteiger partial charge is 0.505 e. The molecule has 0 heterocycles. The molecule has 0 aliphatic heterocycles. The predicted molar refractivity (Wildman–Crippen MR) is 91.3 cm³/mol. The van der Waals surface area contributed by atoms with E-state index in [-0.39, 0.29) is 22.9 Å². The highest BCUT2D eigenvalue weighted by Crippen LogP contribution is 2.29. The first-order valence-corrected chi connectivity index (χ1v) is 7.31. The number of phenols is 1. The van der Waals surface area contributed by atoms with Crippen LogP contribution in [0, 0.1) is 0 Å². The number of rotatable bonds is 3. The summed E-state index contributed by atoms with van der Waals surface area (Å²) in [6.45, 7) is 0. The number of nitrogens with one attached hydrogen (secondary N) is 1. The molecule has 0 aliphatic carbocycles. The van der Waals surface area contributed by atoms with Gasteiger partial charge in [-0.25, -0.2) is 4.79 Å². The van der Waals surface area contributed by atoms with Crippen LogP contribution in [0.5, 0.6) is 5.75 Å². The van der Waals surface area contributed by atoms with Gasteiger partial charge in [0.1, 0.15) is 5.56 Å². The number of anilines is 1. The van der Waals surface area contributed by atoms with Crippen molar-refractivity contribution < 1.29 is 19.4 Å². The highest BCUT2D eigenvalue weighted by Gasteiger charge is 2.17. The molecule has 0 spiro atoms. The van der Waals surface area contributed by atoms with E-state index >= 15 is 0 Å². The van der Waals surface area contributed by atoms with E-state index in [2.05, 4.69) is 10.1 Å². The number of hydrogen-bond acceptors (Lipinski definition) is 4. The lowest BCUT2D eigenvalue weighted by Gasteiger charge is -2.11. The third kappa shape index (κ3) is 2.79. The molecular weight excluding hydrogens is 306 g/mol. The minimum atomic E-state index is -0.672. The van der Waals surface area contributed by atoms with Gasteiger partial charge in [-0.2, -0.15) is 0 Å². The van der Waals surface area contributed by atoms with Crippen LogP contribution in [0.2, 0.25) is 0 Å². The smallest absolute Gasteiger partial charge is 0.341 e. The molecule has 1 amide bonds. The van der Waals surface area contributed by atoms with Gasteiger partial charge in [0.25, 0.3) is 5.91 Å². The number of methoxy groups -OCH3 is 1. The summed E-state index contributed by atoms with van der Waals surface area (Å²) in [6.07, 6.45) is 0. The van der Waals surface area contributed by atoms with Gasteiger partial charge in [0.05, 0.1) is 12.8 Å². The van der Waals surface area contributed by atoms with Gasteiger partial charge in [-0.1, -0.05) is 42.5 Å². The summed E-state index contributed by atoms with van der Waals surface area (Å²) in [5.74, 6) is -1.36. The van der Waals surface area contributed by atoms with Gasteiger partial charge >= 0.3 is 5.97 Å². The Kier molecular flexibility index (Phi) is 4.16. The molecular formula is C19H15NO4. The Bertz CT molecular complexity index is 928. The van der Waals surface area contributed by atoms with Gasteiger partial charge in [-0.3, -0.25) is 4.79 Å². The van der Waals surface area contributed by atoms with E-state index < -0.39 is 5.97 Å². The fourth-order valence-corrected chi connectivity index (χ4v) is 2.53. The van der Waals surface area contributed by atoms with E-state index in [0.717, 1.165) is 10.8 Å². The molecule has 0 aliphatic rings. The molecule has 0 aromatic heterocycles. The normalized spacial score (nSPS) is 10.4. The Labute approximate surface area is 138 Å². The fourth-order valence-electron chi connectivity index (χ4n) is 2.53. The zero-order chi connectivity index (χ0) is 17.1. The zero-order valence-corrected chi connectivity index (χ0v) is 12.9. The van der Waals surface area contributed by atoms with Crippen molar-refractivity contribution >= 4 is 28.3 Å². The van der Waals surface area contributed by atoms with Crippen LogP contribution < -0.4 is 5.32 Å². The maximum absolute atomic E-state index is 12.6. The number of esters is 1. The van der Waals surface area contributed by atoms with Crippen molar-refractivity contribution in [1.82, 2.24) is 0 Å². The second kappa shape index (κ2) is 6.42. The second-order valence-corrected chi connectivity index (χ2v) is 5.17.